The molecule has 1 amide bonds. The van der Waals surface area contributed by atoms with Gasteiger partial charge in [0.25, 0.3) is 0 Å². The molecule has 2 aromatic rings. The second-order valence-electron chi connectivity index (χ2n) is 5.99. The topological polar surface area (TPSA) is 55.3 Å². The standard InChI is InChI=1S/C18H20FN3O2/c19-16-3-1-14(2-4-16)10-18(23)22-7-8-24-12-15(11-22)9-17-5-6-20-13-21-17/h1-6,13,15H,7-12H2/t15-/m1/s1. The van der Waals surface area contributed by atoms with Gasteiger partial charge >= 0.3 is 0 Å². The summed E-state index contributed by atoms with van der Waals surface area (Å²) in [6.45, 7) is 2.38. The first-order valence-electron chi connectivity index (χ1n) is 8.05. The van der Waals surface area contributed by atoms with Crippen molar-refractivity contribution in [3.05, 3.63) is 59.9 Å². The Morgan fingerprint density at radius 3 is 2.88 bits per heavy atom. The number of nitrogens with zero attached hydrogens (tertiary/aromatic N) is 3. The van der Waals surface area contributed by atoms with E-state index in [1.807, 2.05) is 11.0 Å². The second-order valence-corrected chi connectivity index (χ2v) is 5.99. The van der Waals surface area contributed by atoms with Crippen LogP contribution in [0, 0.1) is 11.7 Å². The number of benzene rings is 1. The third-order valence-electron chi connectivity index (χ3n) is 4.10. The van der Waals surface area contributed by atoms with Crippen molar-refractivity contribution in [1.82, 2.24) is 14.9 Å². The second kappa shape index (κ2) is 7.97. The molecular weight excluding hydrogens is 309 g/mol. The van der Waals surface area contributed by atoms with Crippen molar-refractivity contribution in [2.24, 2.45) is 5.92 Å². The van der Waals surface area contributed by atoms with Crippen LogP contribution in [0.2, 0.25) is 0 Å². The minimum atomic E-state index is -0.292. The number of halogens is 1. The van der Waals surface area contributed by atoms with Crippen LogP contribution in [0.25, 0.3) is 0 Å². The van der Waals surface area contributed by atoms with Crippen molar-refractivity contribution in [2.45, 2.75) is 12.8 Å². The number of hydrogen-bond acceptors (Lipinski definition) is 4. The first-order chi connectivity index (χ1) is 11.7. The van der Waals surface area contributed by atoms with Crippen LogP contribution < -0.4 is 0 Å². The average molecular weight is 329 g/mol. The number of aromatic nitrogens is 2. The molecule has 1 aliphatic heterocycles. The fourth-order valence-corrected chi connectivity index (χ4v) is 2.85. The van der Waals surface area contributed by atoms with Gasteiger partial charge in [0.1, 0.15) is 12.1 Å². The lowest BCUT2D eigenvalue weighted by Gasteiger charge is -2.23. The molecule has 6 heteroatoms. The molecule has 1 aromatic carbocycles. The van der Waals surface area contributed by atoms with Gasteiger partial charge in [-0.2, -0.15) is 0 Å². The maximum Gasteiger partial charge on any atom is 0.227 e. The fraction of sp³-hybridized carbons (Fsp3) is 0.389. The molecule has 5 nitrogen and oxygen atoms in total. The Bertz CT molecular complexity index is 664. The number of ether oxygens (including phenoxy) is 1. The molecule has 1 atom stereocenters. The summed E-state index contributed by atoms with van der Waals surface area (Å²) in [7, 11) is 0. The molecule has 0 saturated carbocycles. The zero-order valence-corrected chi connectivity index (χ0v) is 13.4. The Kier molecular flexibility index (Phi) is 5.48. The summed E-state index contributed by atoms with van der Waals surface area (Å²) in [5.41, 5.74) is 1.77. The lowest BCUT2D eigenvalue weighted by Crippen LogP contribution is -2.37. The maximum absolute atomic E-state index is 13.0. The summed E-state index contributed by atoms with van der Waals surface area (Å²) < 4.78 is 18.6. The van der Waals surface area contributed by atoms with Crippen LogP contribution in [0.5, 0.6) is 0 Å². The molecule has 1 saturated heterocycles. The molecule has 24 heavy (non-hydrogen) atoms. The van der Waals surface area contributed by atoms with Crippen molar-refractivity contribution in [3.63, 3.8) is 0 Å². The van der Waals surface area contributed by atoms with Crippen LogP contribution >= 0.6 is 0 Å². The van der Waals surface area contributed by atoms with Crippen LogP contribution in [-0.4, -0.2) is 47.1 Å². The zero-order valence-electron chi connectivity index (χ0n) is 13.4. The largest absolute Gasteiger partial charge is 0.379 e. The van der Waals surface area contributed by atoms with Crippen LogP contribution in [0.15, 0.2) is 42.9 Å². The number of hydrogen-bond donors (Lipinski definition) is 0. The normalized spacial score (nSPS) is 18.2. The quantitative estimate of drug-likeness (QED) is 0.859. The van der Waals surface area contributed by atoms with Crippen molar-refractivity contribution >= 4 is 5.91 Å². The predicted molar refractivity (Wildman–Crippen MR) is 86.7 cm³/mol. The molecule has 0 N–H and O–H groups in total. The van der Waals surface area contributed by atoms with E-state index in [1.54, 1.807) is 18.3 Å². The average Bonchev–Trinajstić information content (AvgIpc) is 2.83. The van der Waals surface area contributed by atoms with E-state index in [0.717, 1.165) is 17.7 Å². The smallest absolute Gasteiger partial charge is 0.227 e. The predicted octanol–water partition coefficient (Wildman–Crippen LogP) is 1.88. The fourth-order valence-electron chi connectivity index (χ4n) is 2.85. The highest BCUT2D eigenvalue weighted by atomic mass is 19.1. The summed E-state index contributed by atoms with van der Waals surface area (Å²) >= 11 is 0. The highest BCUT2D eigenvalue weighted by Crippen LogP contribution is 2.14. The van der Waals surface area contributed by atoms with Gasteiger partial charge in [-0.3, -0.25) is 4.79 Å². The molecule has 0 aliphatic carbocycles. The molecule has 3 rings (SSSR count). The van der Waals surface area contributed by atoms with Gasteiger partial charge < -0.3 is 9.64 Å². The van der Waals surface area contributed by atoms with Crippen LogP contribution in [0.1, 0.15) is 11.3 Å². The Morgan fingerprint density at radius 1 is 1.29 bits per heavy atom. The van der Waals surface area contributed by atoms with E-state index in [0.29, 0.717) is 26.3 Å². The number of carbonyl (C=O) groups is 1. The Labute approximate surface area is 140 Å². The van der Waals surface area contributed by atoms with E-state index < -0.39 is 0 Å². The lowest BCUT2D eigenvalue weighted by atomic mass is 10.0. The number of carbonyl (C=O) groups excluding carboxylic acids is 1. The highest BCUT2D eigenvalue weighted by Gasteiger charge is 2.23. The molecular formula is C18H20FN3O2. The van der Waals surface area contributed by atoms with E-state index in [4.69, 9.17) is 4.74 Å². The van der Waals surface area contributed by atoms with Crippen molar-refractivity contribution in [3.8, 4) is 0 Å². The van der Waals surface area contributed by atoms with Gasteiger partial charge in [0.05, 0.1) is 19.6 Å². The van der Waals surface area contributed by atoms with Gasteiger partial charge in [-0.05, 0) is 30.2 Å². The van der Waals surface area contributed by atoms with Crippen LogP contribution in [0.4, 0.5) is 4.39 Å². The summed E-state index contributed by atoms with van der Waals surface area (Å²) in [6, 6.07) is 7.95. The molecule has 1 fully saturated rings. The Morgan fingerprint density at radius 2 is 2.12 bits per heavy atom. The SMILES string of the molecule is O=C(Cc1ccc(F)cc1)N1CCOC[C@H](Cc2ccncn2)C1. The van der Waals surface area contributed by atoms with Gasteiger partial charge in [-0.15, -0.1) is 0 Å². The van der Waals surface area contributed by atoms with Gasteiger partial charge in [0.2, 0.25) is 5.91 Å². The van der Waals surface area contributed by atoms with Crippen molar-refractivity contribution in [2.75, 3.05) is 26.3 Å². The van der Waals surface area contributed by atoms with Gasteiger partial charge in [0.15, 0.2) is 0 Å². The van der Waals surface area contributed by atoms with Crippen molar-refractivity contribution in [1.29, 1.82) is 0 Å². The minimum absolute atomic E-state index is 0.0415. The zero-order chi connectivity index (χ0) is 16.8. The molecule has 0 spiro atoms. The van der Waals surface area contributed by atoms with E-state index in [9.17, 15) is 9.18 Å². The monoisotopic (exact) mass is 329 g/mol. The Balaban J connectivity index is 1.61. The molecule has 126 valence electrons. The maximum atomic E-state index is 13.0. The van der Waals surface area contributed by atoms with E-state index in [1.165, 1.54) is 18.5 Å². The first-order valence-corrected chi connectivity index (χ1v) is 8.05. The van der Waals surface area contributed by atoms with Gasteiger partial charge in [-0.1, -0.05) is 12.1 Å². The van der Waals surface area contributed by atoms with Crippen LogP contribution in [0.3, 0.4) is 0 Å². The van der Waals surface area contributed by atoms with Crippen molar-refractivity contribution < 1.29 is 13.9 Å². The molecule has 0 bridgehead atoms. The molecule has 0 unspecified atom stereocenters. The number of rotatable bonds is 4. The van der Waals surface area contributed by atoms with E-state index in [2.05, 4.69) is 9.97 Å². The van der Waals surface area contributed by atoms with Crippen LogP contribution in [-0.2, 0) is 22.4 Å². The molecule has 2 heterocycles. The van der Waals surface area contributed by atoms with E-state index in [-0.39, 0.29) is 24.1 Å². The first kappa shape index (κ1) is 16.5. The summed E-state index contributed by atoms with van der Waals surface area (Å²) in [5, 5.41) is 0. The summed E-state index contributed by atoms with van der Waals surface area (Å²) in [4.78, 5) is 22.6. The van der Waals surface area contributed by atoms with E-state index >= 15 is 0 Å². The number of amides is 1. The molecule has 0 radical (unpaired) electrons. The lowest BCUT2D eigenvalue weighted by molar-refractivity contribution is -0.130. The highest BCUT2D eigenvalue weighted by molar-refractivity contribution is 5.78. The third-order valence-corrected chi connectivity index (χ3v) is 4.10. The molecule has 1 aromatic heterocycles. The Hall–Kier alpha value is -2.34. The summed E-state index contributed by atoms with van der Waals surface area (Å²) in [6.07, 6.45) is 4.28. The van der Waals surface area contributed by atoms with Gasteiger partial charge in [-0.25, -0.2) is 14.4 Å². The molecule has 1 aliphatic rings. The summed E-state index contributed by atoms with van der Waals surface area (Å²) in [5.74, 6) is -0.0429. The third kappa shape index (κ3) is 4.58. The minimum Gasteiger partial charge on any atom is -0.379 e. The van der Waals surface area contributed by atoms with Gasteiger partial charge in [0, 0.05) is 30.9 Å².